The van der Waals surface area contributed by atoms with Crippen molar-refractivity contribution in [1.29, 1.82) is 5.26 Å². The van der Waals surface area contributed by atoms with E-state index in [1.165, 1.54) is 12.4 Å². The van der Waals surface area contributed by atoms with Gasteiger partial charge in [0.25, 0.3) is 0 Å². The van der Waals surface area contributed by atoms with Gasteiger partial charge in [-0.25, -0.2) is 23.1 Å². The molecule has 0 radical (unpaired) electrons. The Morgan fingerprint density at radius 3 is 2.66 bits per heavy atom. The third-order valence-electron chi connectivity index (χ3n) is 7.58. The van der Waals surface area contributed by atoms with Crippen molar-refractivity contribution in [3.05, 3.63) is 87.6 Å². The van der Waals surface area contributed by atoms with Crippen molar-refractivity contribution >= 4 is 43.5 Å². The minimum atomic E-state index is -4.34. The molecule has 2 aromatic heterocycles. The van der Waals surface area contributed by atoms with Crippen LogP contribution in [0.2, 0.25) is 0 Å². The Morgan fingerprint density at radius 1 is 1.15 bits per heavy atom. The summed E-state index contributed by atoms with van der Waals surface area (Å²) in [5.74, 6) is 0.231. The van der Waals surface area contributed by atoms with Crippen LogP contribution >= 0.6 is 11.3 Å². The van der Waals surface area contributed by atoms with Crippen LogP contribution in [0.3, 0.4) is 0 Å². The summed E-state index contributed by atoms with van der Waals surface area (Å²) >= 11 is 0.981. The number of nitrogens with zero attached hydrogens (tertiary/aromatic N) is 4. The molecule has 0 saturated carbocycles. The summed E-state index contributed by atoms with van der Waals surface area (Å²) in [6.07, 6.45) is -1.84. The van der Waals surface area contributed by atoms with Crippen molar-refractivity contribution in [2.75, 3.05) is 18.0 Å². The second-order valence-corrected chi connectivity index (χ2v) is 13.1. The summed E-state index contributed by atoms with van der Waals surface area (Å²) in [6, 6.07) is 15.9. The third-order valence-corrected chi connectivity index (χ3v) is 10.3. The number of anilines is 1. The molecule has 1 aliphatic heterocycles. The maximum absolute atomic E-state index is 13.8. The Kier molecular flexibility index (Phi) is 6.84. The highest BCUT2D eigenvalue weighted by atomic mass is 32.2. The summed E-state index contributed by atoms with van der Waals surface area (Å²) in [5, 5.41) is 9.82. The van der Waals surface area contributed by atoms with E-state index in [9.17, 15) is 26.9 Å². The SMILES string of the molecule is Cc1c(S(=O)(=O)NC2CN(c3ncnc4sc(CC(F)(F)F)cc34)CC2c2ccccc2)ccc2c1C=C(C#N)C2. The number of hydrogen-bond donors (Lipinski definition) is 1. The lowest BCUT2D eigenvalue weighted by Crippen LogP contribution is -2.40. The van der Waals surface area contributed by atoms with Gasteiger partial charge in [-0.15, -0.1) is 11.3 Å². The summed E-state index contributed by atoms with van der Waals surface area (Å²) in [4.78, 5) is 11.3. The van der Waals surface area contributed by atoms with E-state index in [0.29, 0.717) is 40.1 Å². The number of nitriles is 1. The minimum Gasteiger partial charge on any atom is -0.354 e. The molecule has 0 spiro atoms. The van der Waals surface area contributed by atoms with Gasteiger partial charge in [-0.1, -0.05) is 36.4 Å². The summed E-state index contributed by atoms with van der Waals surface area (Å²) in [6.45, 7) is 2.41. The Hall–Kier alpha value is -3.79. The molecule has 41 heavy (non-hydrogen) atoms. The molecular weight excluding hydrogens is 571 g/mol. The highest BCUT2D eigenvalue weighted by Gasteiger charge is 2.39. The average Bonchev–Trinajstić information content (AvgIpc) is 3.64. The van der Waals surface area contributed by atoms with Crippen molar-refractivity contribution in [1.82, 2.24) is 14.7 Å². The number of rotatable bonds is 6. The average molecular weight is 596 g/mol. The van der Waals surface area contributed by atoms with Crippen LogP contribution in [0.1, 0.15) is 33.0 Å². The van der Waals surface area contributed by atoms with Gasteiger partial charge in [0, 0.05) is 41.9 Å². The number of sulfonamides is 1. The lowest BCUT2D eigenvalue weighted by atomic mass is 9.95. The molecule has 210 valence electrons. The second-order valence-electron chi connectivity index (χ2n) is 10.3. The Balaban J connectivity index is 1.34. The molecule has 2 aromatic carbocycles. The zero-order valence-electron chi connectivity index (χ0n) is 21.8. The number of aromatic nitrogens is 2. The molecule has 1 aliphatic carbocycles. The maximum Gasteiger partial charge on any atom is 0.393 e. The van der Waals surface area contributed by atoms with Crippen molar-refractivity contribution < 1.29 is 21.6 Å². The first-order valence-corrected chi connectivity index (χ1v) is 15.2. The molecule has 0 amide bonds. The molecule has 7 nitrogen and oxygen atoms in total. The van der Waals surface area contributed by atoms with Crippen LogP contribution in [0.5, 0.6) is 0 Å². The number of thiophene rings is 1. The Bertz CT molecular complexity index is 1830. The van der Waals surface area contributed by atoms with E-state index in [1.54, 1.807) is 25.1 Å². The molecule has 2 unspecified atom stereocenters. The number of benzene rings is 2. The van der Waals surface area contributed by atoms with Crippen molar-refractivity contribution in [3.8, 4) is 6.07 Å². The van der Waals surface area contributed by atoms with Crippen LogP contribution < -0.4 is 9.62 Å². The number of fused-ring (bicyclic) bond motifs is 2. The smallest absolute Gasteiger partial charge is 0.354 e. The predicted octanol–water partition coefficient (Wildman–Crippen LogP) is 5.52. The first-order valence-electron chi connectivity index (χ1n) is 12.9. The standard InChI is InChI=1S/C29H24F3N5O2S2/c1-17-22-10-18(13-33)9-20(22)7-8-26(17)41(38,39)36-25-15-37(14-24(25)19-5-3-2-4-6-19)27-23-11-21(12-29(30,31)32)40-28(23)35-16-34-27/h2-8,10-11,16,24-25,36H,9,12,14-15H2,1H3. The van der Waals surface area contributed by atoms with E-state index < -0.39 is 28.7 Å². The third kappa shape index (κ3) is 5.32. The molecule has 1 fully saturated rings. The maximum atomic E-state index is 13.8. The molecule has 4 aromatic rings. The second kappa shape index (κ2) is 10.2. The molecule has 1 N–H and O–H groups in total. The molecule has 2 aliphatic rings. The fraction of sp³-hybridized carbons (Fsp3) is 0.276. The first kappa shape index (κ1) is 27.4. The number of hydrogen-bond acceptors (Lipinski definition) is 7. The minimum absolute atomic E-state index is 0.144. The van der Waals surface area contributed by atoms with E-state index in [1.807, 2.05) is 35.2 Å². The molecule has 2 atom stereocenters. The normalized spacial score (nSPS) is 18.9. The zero-order chi connectivity index (χ0) is 28.9. The topological polar surface area (TPSA) is 99.0 Å². The number of allylic oxidation sites excluding steroid dienone is 1. The quantitative estimate of drug-likeness (QED) is 0.315. The summed E-state index contributed by atoms with van der Waals surface area (Å²) in [5.41, 5.74) is 3.78. The van der Waals surface area contributed by atoms with Crippen molar-refractivity contribution in [2.24, 2.45) is 0 Å². The van der Waals surface area contributed by atoms with E-state index in [4.69, 9.17) is 0 Å². The first-order chi connectivity index (χ1) is 19.5. The molecule has 3 heterocycles. The highest BCUT2D eigenvalue weighted by Crippen LogP contribution is 2.38. The lowest BCUT2D eigenvalue weighted by molar-refractivity contribution is -0.126. The molecular formula is C29H24F3N5O2S2. The van der Waals surface area contributed by atoms with Crippen molar-refractivity contribution in [3.63, 3.8) is 0 Å². The van der Waals surface area contributed by atoms with Gasteiger partial charge in [0.05, 0.1) is 22.8 Å². The van der Waals surface area contributed by atoms with Gasteiger partial charge in [0.15, 0.2) is 0 Å². The van der Waals surface area contributed by atoms with E-state index >= 15 is 0 Å². The number of nitrogens with one attached hydrogen (secondary N) is 1. The van der Waals surface area contributed by atoms with Gasteiger partial charge in [0.1, 0.15) is 17.0 Å². The predicted molar refractivity (Wildman–Crippen MR) is 151 cm³/mol. The Morgan fingerprint density at radius 2 is 1.93 bits per heavy atom. The van der Waals surface area contributed by atoms with Crippen LogP contribution in [0.15, 0.2) is 65.3 Å². The fourth-order valence-electron chi connectivity index (χ4n) is 5.74. The molecule has 6 rings (SSSR count). The van der Waals surface area contributed by atoms with Gasteiger partial charge in [-0.3, -0.25) is 0 Å². The van der Waals surface area contributed by atoms with E-state index in [0.717, 1.165) is 28.0 Å². The molecule has 0 bridgehead atoms. The largest absolute Gasteiger partial charge is 0.393 e. The van der Waals surface area contributed by atoms with Gasteiger partial charge >= 0.3 is 6.18 Å². The molecule has 1 saturated heterocycles. The number of halogens is 3. The monoisotopic (exact) mass is 595 g/mol. The zero-order valence-corrected chi connectivity index (χ0v) is 23.4. The van der Waals surface area contributed by atoms with Crippen LogP contribution in [0.4, 0.5) is 19.0 Å². The number of alkyl halides is 3. The van der Waals surface area contributed by atoms with Gasteiger partial charge < -0.3 is 4.90 Å². The Labute approximate surface area is 239 Å². The van der Waals surface area contributed by atoms with Gasteiger partial charge in [-0.05, 0) is 47.4 Å². The summed E-state index contributed by atoms with van der Waals surface area (Å²) in [7, 11) is -3.97. The van der Waals surface area contributed by atoms with E-state index in [2.05, 4.69) is 20.8 Å². The lowest BCUT2D eigenvalue weighted by Gasteiger charge is -2.21. The highest BCUT2D eigenvalue weighted by molar-refractivity contribution is 7.89. The van der Waals surface area contributed by atoms with Crippen LogP contribution in [0, 0.1) is 18.3 Å². The van der Waals surface area contributed by atoms with Gasteiger partial charge in [0.2, 0.25) is 10.0 Å². The van der Waals surface area contributed by atoms with Crippen LogP contribution in [0.25, 0.3) is 16.3 Å². The van der Waals surface area contributed by atoms with E-state index in [-0.39, 0.29) is 22.2 Å². The van der Waals surface area contributed by atoms with Crippen molar-refractivity contribution in [2.45, 2.75) is 42.8 Å². The van der Waals surface area contributed by atoms with Gasteiger partial charge in [-0.2, -0.15) is 18.4 Å². The summed E-state index contributed by atoms with van der Waals surface area (Å²) < 4.78 is 69.7. The van der Waals surface area contributed by atoms with Crippen LogP contribution in [-0.4, -0.2) is 43.7 Å². The fourth-order valence-corrected chi connectivity index (χ4v) is 8.29. The molecule has 12 heteroatoms. The van der Waals surface area contributed by atoms with Crippen LogP contribution in [-0.2, 0) is 22.9 Å².